The van der Waals surface area contributed by atoms with Gasteiger partial charge in [-0.15, -0.1) is 0 Å². The summed E-state index contributed by atoms with van der Waals surface area (Å²) < 4.78 is 4.65. The van der Waals surface area contributed by atoms with Gasteiger partial charge in [-0.1, -0.05) is 19.3 Å². The number of methoxy groups -OCH3 is 1. The largest absolute Gasteiger partial charge is 0.469 e. The van der Waals surface area contributed by atoms with Crippen LogP contribution in [0.1, 0.15) is 51.4 Å². The Bertz CT molecular complexity index is 292. The Morgan fingerprint density at radius 2 is 1.88 bits per heavy atom. The van der Waals surface area contributed by atoms with Gasteiger partial charge in [0.05, 0.1) is 13.5 Å². The highest BCUT2D eigenvalue weighted by molar-refractivity contribution is 5.89. The monoisotopic (exact) mass is 238 g/mol. The zero-order valence-corrected chi connectivity index (χ0v) is 10.6. The van der Waals surface area contributed by atoms with E-state index in [0.29, 0.717) is 18.1 Å². The molecule has 2 aliphatic carbocycles. The van der Waals surface area contributed by atoms with E-state index in [2.05, 4.69) is 4.74 Å². The van der Waals surface area contributed by atoms with E-state index in [4.69, 9.17) is 0 Å². The Labute approximate surface area is 103 Å². The van der Waals surface area contributed by atoms with Crippen molar-refractivity contribution in [1.29, 1.82) is 0 Å². The number of carbonyl (C=O) groups is 2. The van der Waals surface area contributed by atoms with Crippen molar-refractivity contribution in [3.63, 3.8) is 0 Å². The average molecular weight is 238 g/mol. The van der Waals surface area contributed by atoms with Crippen LogP contribution in [0.25, 0.3) is 0 Å². The number of ether oxygens (including phenoxy) is 1. The Kier molecular flexibility index (Phi) is 4.19. The molecule has 2 atom stereocenters. The lowest BCUT2D eigenvalue weighted by atomic mass is 9.78. The number of carbonyl (C=O) groups excluding carboxylic acids is 2. The van der Waals surface area contributed by atoms with Crippen molar-refractivity contribution in [3.05, 3.63) is 0 Å². The minimum Gasteiger partial charge on any atom is -0.469 e. The second kappa shape index (κ2) is 5.65. The summed E-state index contributed by atoms with van der Waals surface area (Å²) >= 11 is 0. The van der Waals surface area contributed by atoms with Crippen LogP contribution in [0.3, 0.4) is 0 Å². The van der Waals surface area contributed by atoms with Crippen LogP contribution in [-0.4, -0.2) is 18.9 Å². The van der Waals surface area contributed by atoms with Crippen LogP contribution in [0.4, 0.5) is 0 Å². The third-order valence-corrected chi connectivity index (χ3v) is 4.45. The van der Waals surface area contributed by atoms with Gasteiger partial charge in [-0.25, -0.2) is 0 Å². The van der Waals surface area contributed by atoms with Crippen molar-refractivity contribution in [2.24, 2.45) is 17.8 Å². The molecule has 3 heteroatoms. The molecule has 0 amide bonds. The normalized spacial score (nSPS) is 30.5. The molecule has 0 radical (unpaired) electrons. The third-order valence-electron chi connectivity index (χ3n) is 4.45. The van der Waals surface area contributed by atoms with Crippen molar-refractivity contribution in [1.82, 2.24) is 0 Å². The lowest BCUT2D eigenvalue weighted by Gasteiger charge is -2.26. The molecule has 3 nitrogen and oxygen atoms in total. The van der Waals surface area contributed by atoms with Gasteiger partial charge in [-0.3, -0.25) is 9.59 Å². The molecule has 0 saturated heterocycles. The van der Waals surface area contributed by atoms with Crippen LogP contribution in [0.2, 0.25) is 0 Å². The Morgan fingerprint density at radius 3 is 2.53 bits per heavy atom. The Morgan fingerprint density at radius 1 is 1.18 bits per heavy atom. The molecule has 0 spiro atoms. The highest BCUT2D eigenvalue weighted by Gasteiger charge is 2.39. The predicted octanol–water partition coefficient (Wildman–Crippen LogP) is 2.73. The second-order valence-corrected chi connectivity index (χ2v) is 5.46. The molecule has 0 aromatic carbocycles. The van der Waals surface area contributed by atoms with Crippen LogP contribution < -0.4 is 0 Å². The molecule has 0 bridgehead atoms. The first kappa shape index (κ1) is 12.6. The quantitative estimate of drug-likeness (QED) is 0.710. The lowest BCUT2D eigenvalue weighted by Crippen LogP contribution is -2.25. The smallest absolute Gasteiger partial charge is 0.306 e. The van der Waals surface area contributed by atoms with E-state index in [1.54, 1.807) is 0 Å². The van der Waals surface area contributed by atoms with Gasteiger partial charge in [0.15, 0.2) is 0 Å². The maximum Gasteiger partial charge on any atom is 0.306 e. The molecule has 17 heavy (non-hydrogen) atoms. The number of hydrogen-bond donors (Lipinski definition) is 0. The van der Waals surface area contributed by atoms with Crippen molar-refractivity contribution in [2.45, 2.75) is 51.4 Å². The Balaban J connectivity index is 1.90. The van der Waals surface area contributed by atoms with E-state index in [1.807, 2.05) is 0 Å². The molecule has 0 heterocycles. The van der Waals surface area contributed by atoms with Crippen LogP contribution >= 0.6 is 0 Å². The van der Waals surface area contributed by atoms with Crippen molar-refractivity contribution in [3.8, 4) is 0 Å². The van der Waals surface area contributed by atoms with Crippen molar-refractivity contribution in [2.75, 3.05) is 7.11 Å². The summed E-state index contributed by atoms with van der Waals surface area (Å²) in [5.74, 6) is 0.869. The molecule has 2 aliphatic rings. The highest BCUT2D eigenvalue weighted by Crippen LogP contribution is 2.40. The predicted molar refractivity (Wildman–Crippen MR) is 64.4 cm³/mol. The standard InChI is InChI=1S/C14H22O3/c1-17-13(15)9-11-7-8-12(14(11)16)10-5-3-2-4-6-10/h10-12H,2-9H2,1H3/t11-,12+/m0/s1. The number of hydrogen-bond acceptors (Lipinski definition) is 3. The molecule has 0 aromatic rings. The van der Waals surface area contributed by atoms with E-state index < -0.39 is 0 Å². The summed E-state index contributed by atoms with van der Waals surface area (Å²) in [4.78, 5) is 23.5. The van der Waals surface area contributed by atoms with Gasteiger partial charge in [0, 0.05) is 11.8 Å². The first-order valence-electron chi connectivity index (χ1n) is 6.83. The van der Waals surface area contributed by atoms with E-state index in [0.717, 1.165) is 12.8 Å². The van der Waals surface area contributed by atoms with Crippen LogP contribution in [0.5, 0.6) is 0 Å². The number of ketones is 1. The van der Waals surface area contributed by atoms with Crippen molar-refractivity contribution >= 4 is 11.8 Å². The van der Waals surface area contributed by atoms with Crippen LogP contribution in [0, 0.1) is 17.8 Å². The number of esters is 1. The topological polar surface area (TPSA) is 43.4 Å². The SMILES string of the molecule is COC(=O)C[C@@H]1CC[C@H](C2CCCCC2)C1=O. The molecule has 2 fully saturated rings. The number of Topliss-reactive ketones (excluding diaryl/α,β-unsaturated/α-hetero) is 1. The summed E-state index contributed by atoms with van der Waals surface area (Å²) in [6, 6.07) is 0. The summed E-state index contributed by atoms with van der Waals surface area (Å²) in [7, 11) is 1.39. The van der Waals surface area contributed by atoms with Gasteiger partial charge in [0.2, 0.25) is 0 Å². The van der Waals surface area contributed by atoms with E-state index in [9.17, 15) is 9.59 Å². The summed E-state index contributed by atoms with van der Waals surface area (Å²) in [5, 5.41) is 0. The molecule has 0 N–H and O–H groups in total. The maximum absolute atomic E-state index is 12.2. The minimum atomic E-state index is -0.243. The minimum absolute atomic E-state index is 0.0608. The van der Waals surface area contributed by atoms with Crippen molar-refractivity contribution < 1.29 is 14.3 Å². The molecule has 2 rings (SSSR count). The summed E-state index contributed by atoms with van der Waals surface area (Å²) in [6.07, 6.45) is 8.46. The summed E-state index contributed by atoms with van der Waals surface area (Å²) in [5.41, 5.74) is 0. The van der Waals surface area contributed by atoms with Crippen LogP contribution in [-0.2, 0) is 14.3 Å². The highest BCUT2D eigenvalue weighted by atomic mass is 16.5. The zero-order chi connectivity index (χ0) is 12.3. The fraction of sp³-hybridized carbons (Fsp3) is 0.857. The molecular formula is C14H22O3. The zero-order valence-electron chi connectivity index (χ0n) is 10.6. The first-order chi connectivity index (χ1) is 8.22. The second-order valence-electron chi connectivity index (χ2n) is 5.46. The molecule has 96 valence electrons. The molecular weight excluding hydrogens is 216 g/mol. The van der Waals surface area contributed by atoms with Gasteiger partial charge < -0.3 is 4.74 Å². The van der Waals surface area contributed by atoms with Gasteiger partial charge in [0.1, 0.15) is 5.78 Å². The van der Waals surface area contributed by atoms with Gasteiger partial charge in [-0.05, 0) is 31.6 Å². The van der Waals surface area contributed by atoms with E-state index >= 15 is 0 Å². The molecule has 2 saturated carbocycles. The number of rotatable bonds is 3. The van der Waals surface area contributed by atoms with Crippen LogP contribution in [0.15, 0.2) is 0 Å². The third kappa shape index (κ3) is 2.88. The van der Waals surface area contributed by atoms with E-state index in [1.165, 1.54) is 39.2 Å². The fourth-order valence-corrected chi connectivity index (χ4v) is 3.46. The molecule has 0 unspecified atom stereocenters. The molecule has 0 aliphatic heterocycles. The van der Waals surface area contributed by atoms with Gasteiger partial charge in [0.25, 0.3) is 0 Å². The average Bonchev–Trinajstić information content (AvgIpc) is 2.72. The molecule has 0 aromatic heterocycles. The van der Waals surface area contributed by atoms with Gasteiger partial charge >= 0.3 is 5.97 Å². The fourth-order valence-electron chi connectivity index (χ4n) is 3.46. The van der Waals surface area contributed by atoms with E-state index in [-0.39, 0.29) is 17.8 Å². The maximum atomic E-state index is 12.2. The lowest BCUT2D eigenvalue weighted by molar-refractivity contribution is -0.143. The Hall–Kier alpha value is -0.860. The summed E-state index contributed by atoms with van der Waals surface area (Å²) in [6.45, 7) is 0. The van der Waals surface area contributed by atoms with Gasteiger partial charge in [-0.2, -0.15) is 0 Å². The first-order valence-corrected chi connectivity index (χ1v) is 6.83.